The van der Waals surface area contributed by atoms with Crippen LogP contribution in [0.2, 0.25) is 0 Å². The summed E-state index contributed by atoms with van der Waals surface area (Å²) in [7, 11) is 0. The molecule has 17 heavy (non-hydrogen) atoms. The zero-order valence-corrected chi connectivity index (χ0v) is 12.2. The van der Waals surface area contributed by atoms with Gasteiger partial charge in [-0.25, -0.2) is 0 Å². The van der Waals surface area contributed by atoms with E-state index >= 15 is 0 Å². The quantitative estimate of drug-likeness (QED) is 0.425. The fourth-order valence-electron chi connectivity index (χ4n) is 2.29. The zero-order chi connectivity index (χ0) is 12.8. The molecule has 0 aliphatic carbocycles. The average molecular weight is 242 g/mol. The maximum atomic E-state index is 9.79. The molecular formula is C16H34O. The summed E-state index contributed by atoms with van der Waals surface area (Å²) in [5, 5.41) is 9.79. The van der Waals surface area contributed by atoms with Gasteiger partial charge in [0.2, 0.25) is 0 Å². The minimum Gasteiger partial charge on any atom is -0.393 e. The molecule has 1 heteroatoms. The van der Waals surface area contributed by atoms with Crippen molar-refractivity contribution in [2.45, 2.75) is 103 Å². The number of unbranched alkanes of at least 4 members (excludes halogenated alkanes) is 9. The predicted molar refractivity (Wildman–Crippen MR) is 77.4 cm³/mol. The molecule has 0 saturated carbocycles. The summed E-state index contributed by atoms with van der Waals surface area (Å²) < 4.78 is 0. The Labute approximate surface area is 109 Å². The lowest BCUT2D eigenvalue weighted by Gasteiger charge is -2.09. The van der Waals surface area contributed by atoms with Crippen molar-refractivity contribution in [1.29, 1.82) is 0 Å². The number of hydrogen-bond acceptors (Lipinski definition) is 1. The summed E-state index contributed by atoms with van der Waals surface area (Å²) >= 11 is 0. The molecule has 0 unspecified atom stereocenters. The van der Waals surface area contributed by atoms with Crippen molar-refractivity contribution >= 4 is 0 Å². The first-order valence-electron chi connectivity index (χ1n) is 7.99. The van der Waals surface area contributed by atoms with Crippen LogP contribution in [0.3, 0.4) is 0 Å². The topological polar surface area (TPSA) is 20.2 Å². The van der Waals surface area contributed by atoms with E-state index in [2.05, 4.69) is 13.8 Å². The van der Waals surface area contributed by atoms with Gasteiger partial charge in [-0.1, -0.05) is 84.5 Å². The van der Waals surface area contributed by atoms with E-state index in [1.807, 2.05) is 0 Å². The normalized spacial score (nSPS) is 12.9. The molecular weight excluding hydrogens is 208 g/mol. The predicted octanol–water partition coefficient (Wildman–Crippen LogP) is 5.46. The number of aliphatic hydroxyl groups excluding tert-OH is 1. The van der Waals surface area contributed by atoms with E-state index in [-0.39, 0.29) is 6.10 Å². The smallest absolute Gasteiger partial charge is 0.0540 e. The Morgan fingerprint density at radius 2 is 0.941 bits per heavy atom. The molecule has 0 aromatic rings. The van der Waals surface area contributed by atoms with Gasteiger partial charge in [-0.3, -0.25) is 0 Å². The molecule has 0 rings (SSSR count). The highest BCUT2D eigenvalue weighted by molar-refractivity contribution is 4.57. The highest BCUT2D eigenvalue weighted by atomic mass is 16.3. The molecule has 0 bridgehead atoms. The maximum Gasteiger partial charge on any atom is 0.0540 e. The highest BCUT2D eigenvalue weighted by Gasteiger charge is 2.03. The van der Waals surface area contributed by atoms with Crippen LogP contribution in [-0.2, 0) is 0 Å². The van der Waals surface area contributed by atoms with Crippen molar-refractivity contribution in [2.24, 2.45) is 0 Å². The number of hydrogen-bond donors (Lipinski definition) is 1. The van der Waals surface area contributed by atoms with Crippen molar-refractivity contribution in [2.75, 3.05) is 0 Å². The molecule has 0 saturated heterocycles. The van der Waals surface area contributed by atoms with Crippen LogP contribution in [0.25, 0.3) is 0 Å². The van der Waals surface area contributed by atoms with Crippen LogP contribution in [0.15, 0.2) is 0 Å². The Balaban J connectivity index is 3.08. The van der Waals surface area contributed by atoms with Crippen molar-refractivity contribution in [3.8, 4) is 0 Å². The highest BCUT2D eigenvalue weighted by Crippen LogP contribution is 2.13. The van der Waals surface area contributed by atoms with Gasteiger partial charge in [0.15, 0.2) is 0 Å². The molecule has 1 N–H and O–H groups in total. The molecule has 1 atom stereocenters. The SMILES string of the molecule is CCCCCCCCC[C@H](O)CCCCCC. The van der Waals surface area contributed by atoms with Crippen LogP contribution in [0.5, 0.6) is 0 Å². The molecule has 104 valence electrons. The summed E-state index contributed by atoms with van der Waals surface area (Å²) in [6.45, 7) is 4.49. The third kappa shape index (κ3) is 13.9. The summed E-state index contributed by atoms with van der Waals surface area (Å²) in [5.41, 5.74) is 0. The van der Waals surface area contributed by atoms with Crippen LogP contribution in [0.4, 0.5) is 0 Å². The lowest BCUT2D eigenvalue weighted by Crippen LogP contribution is -2.05. The van der Waals surface area contributed by atoms with Gasteiger partial charge in [0.05, 0.1) is 6.10 Å². The van der Waals surface area contributed by atoms with E-state index in [0.717, 1.165) is 12.8 Å². The van der Waals surface area contributed by atoms with Crippen LogP contribution in [-0.4, -0.2) is 11.2 Å². The minimum atomic E-state index is -0.0255. The molecule has 0 aliphatic rings. The summed E-state index contributed by atoms with van der Waals surface area (Å²) in [5.74, 6) is 0. The van der Waals surface area contributed by atoms with Crippen LogP contribution in [0.1, 0.15) is 97.3 Å². The minimum absolute atomic E-state index is 0.0255. The molecule has 0 amide bonds. The van der Waals surface area contributed by atoms with Gasteiger partial charge >= 0.3 is 0 Å². The maximum absolute atomic E-state index is 9.79. The monoisotopic (exact) mass is 242 g/mol. The van der Waals surface area contributed by atoms with Gasteiger partial charge in [-0.2, -0.15) is 0 Å². The van der Waals surface area contributed by atoms with Crippen molar-refractivity contribution in [3.05, 3.63) is 0 Å². The first-order valence-corrected chi connectivity index (χ1v) is 7.99. The Hall–Kier alpha value is -0.0400. The van der Waals surface area contributed by atoms with Gasteiger partial charge in [0.1, 0.15) is 0 Å². The molecule has 0 aliphatic heterocycles. The molecule has 0 aromatic heterocycles. The third-order valence-corrected chi connectivity index (χ3v) is 3.53. The Morgan fingerprint density at radius 3 is 1.41 bits per heavy atom. The van der Waals surface area contributed by atoms with E-state index in [4.69, 9.17) is 0 Å². The third-order valence-electron chi connectivity index (χ3n) is 3.53. The molecule has 1 nitrogen and oxygen atoms in total. The van der Waals surface area contributed by atoms with Crippen molar-refractivity contribution in [3.63, 3.8) is 0 Å². The van der Waals surface area contributed by atoms with Gasteiger partial charge in [-0.05, 0) is 12.8 Å². The fourth-order valence-corrected chi connectivity index (χ4v) is 2.29. The summed E-state index contributed by atoms with van der Waals surface area (Å²) in [4.78, 5) is 0. The van der Waals surface area contributed by atoms with Crippen molar-refractivity contribution in [1.82, 2.24) is 0 Å². The number of aliphatic hydroxyl groups is 1. The molecule has 0 heterocycles. The fraction of sp³-hybridized carbons (Fsp3) is 1.00. The molecule has 0 spiro atoms. The van der Waals surface area contributed by atoms with Gasteiger partial charge < -0.3 is 5.11 Å². The van der Waals surface area contributed by atoms with E-state index in [1.54, 1.807) is 0 Å². The Kier molecular flexibility index (Phi) is 14.0. The molecule has 0 aromatic carbocycles. The Morgan fingerprint density at radius 1 is 0.588 bits per heavy atom. The van der Waals surface area contributed by atoms with E-state index < -0.39 is 0 Å². The van der Waals surface area contributed by atoms with Crippen LogP contribution < -0.4 is 0 Å². The second kappa shape index (κ2) is 14.0. The first kappa shape index (κ1) is 17.0. The lowest BCUT2D eigenvalue weighted by molar-refractivity contribution is 0.147. The summed E-state index contributed by atoms with van der Waals surface area (Å²) in [6.07, 6.45) is 16.6. The van der Waals surface area contributed by atoms with Crippen LogP contribution in [0, 0.1) is 0 Å². The lowest BCUT2D eigenvalue weighted by atomic mass is 10.0. The molecule has 0 fully saturated rings. The summed E-state index contributed by atoms with van der Waals surface area (Å²) in [6, 6.07) is 0. The second-order valence-corrected chi connectivity index (χ2v) is 5.41. The van der Waals surface area contributed by atoms with Gasteiger partial charge in [-0.15, -0.1) is 0 Å². The first-order chi connectivity index (χ1) is 8.31. The van der Waals surface area contributed by atoms with Gasteiger partial charge in [0, 0.05) is 0 Å². The number of rotatable bonds is 13. The van der Waals surface area contributed by atoms with Gasteiger partial charge in [0.25, 0.3) is 0 Å². The van der Waals surface area contributed by atoms with E-state index in [1.165, 1.54) is 70.6 Å². The van der Waals surface area contributed by atoms with E-state index in [9.17, 15) is 5.11 Å². The average Bonchev–Trinajstić information content (AvgIpc) is 2.33. The largest absolute Gasteiger partial charge is 0.393 e. The second-order valence-electron chi connectivity index (χ2n) is 5.41. The van der Waals surface area contributed by atoms with E-state index in [0.29, 0.717) is 0 Å². The molecule has 0 radical (unpaired) electrons. The zero-order valence-electron chi connectivity index (χ0n) is 12.2. The van der Waals surface area contributed by atoms with Crippen LogP contribution >= 0.6 is 0 Å². The standard InChI is InChI=1S/C16H34O/c1-3-5-7-9-10-11-13-15-16(17)14-12-8-6-4-2/h16-17H,3-15H2,1-2H3/t16-/m1/s1. The van der Waals surface area contributed by atoms with Crippen molar-refractivity contribution < 1.29 is 5.11 Å². The Bertz CT molecular complexity index is 133.